The van der Waals surface area contributed by atoms with Gasteiger partial charge in [0.15, 0.2) is 0 Å². The van der Waals surface area contributed by atoms with E-state index in [2.05, 4.69) is 6.92 Å². The summed E-state index contributed by atoms with van der Waals surface area (Å²) in [5, 5.41) is 8.86. The Balaban J connectivity index is 2.24. The van der Waals surface area contributed by atoms with Crippen molar-refractivity contribution < 1.29 is 5.11 Å². The van der Waals surface area contributed by atoms with E-state index in [1.54, 1.807) is 0 Å². The molecule has 1 atom stereocenters. The molecule has 1 unspecified atom stereocenters. The van der Waals surface area contributed by atoms with Crippen molar-refractivity contribution in [2.24, 2.45) is 5.92 Å². The highest BCUT2D eigenvalue weighted by atomic mass is 32.2. The highest BCUT2D eigenvalue weighted by Gasteiger charge is 2.19. The molecule has 0 saturated carbocycles. The normalized spacial score (nSPS) is 24.6. The minimum atomic E-state index is 0.338. The van der Waals surface area contributed by atoms with Crippen molar-refractivity contribution in [1.29, 1.82) is 0 Å². The number of rotatable bonds is 2. The van der Waals surface area contributed by atoms with Crippen molar-refractivity contribution in [3.05, 3.63) is 0 Å². The average molecular weight is 178 g/mol. The van der Waals surface area contributed by atoms with Crippen molar-refractivity contribution in [2.75, 3.05) is 18.1 Å². The zero-order chi connectivity index (χ0) is 7.40. The summed E-state index contributed by atoms with van der Waals surface area (Å²) < 4.78 is 0.652. The van der Waals surface area contributed by atoms with Crippen molar-refractivity contribution in [3.8, 4) is 0 Å². The summed E-state index contributed by atoms with van der Waals surface area (Å²) in [6.45, 7) is 2.46. The molecule has 1 N–H and O–H groups in total. The molecule has 1 fully saturated rings. The predicted molar refractivity (Wildman–Crippen MR) is 49.6 cm³/mol. The quantitative estimate of drug-likeness (QED) is 0.696. The molecule has 0 amide bonds. The largest absolute Gasteiger partial charge is 0.396 e. The highest BCUT2D eigenvalue weighted by Crippen LogP contribution is 2.35. The van der Waals surface area contributed by atoms with E-state index in [4.69, 9.17) is 5.11 Å². The second-order valence-corrected chi connectivity index (χ2v) is 5.42. The molecule has 1 nitrogen and oxygen atoms in total. The molecule has 3 heteroatoms. The van der Waals surface area contributed by atoms with Crippen LogP contribution in [0.5, 0.6) is 0 Å². The zero-order valence-corrected chi connectivity index (χ0v) is 7.88. The molecular formula is C7H14OS2. The molecular weight excluding hydrogens is 164 g/mol. The van der Waals surface area contributed by atoms with Crippen LogP contribution >= 0.6 is 23.5 Å². The van der Waals surface area contributed by atoms with Crippen LogP contribution in [0.15, 0.2) is 0 Å². The van der Waals surface area contributed by atoms with E-state index in [1.165, 1.54) is 17.9 Å². The third-order valence-corrected chi connectivity index (χ3v) is 5.06. The lowest BCUT2D eigenvalue weighted by Gasteiger charge is -2.24. The van der Waals surface area contributed by atoms with E-state index < -0.39 is 0 Å². The summed E-state index contributed by atoms with van der Waals surface area (Å²) in [6, 6.07) is 0. The molecule has 0 aromatic heterocycles. The van der Waals surface area contributed by atoms with Crippen LogP contribution in [0.2, 0.25) is 0 Å². The van der Waals surface area contributed by atoms with Gasteiger partial charge in [-0.15, -0.1) is 23.5 Å². The molecule has 1 aliphatic heterocycles. The Morgan fingerprint density at radius 1 is 1.50 bits per heavy atom. The summed E-state index contributed by atoms with van der Waals surface area (Å²) in [7, 11) is 0. The summed E-state index contributed by atoms with van der Waals surface area (Å²) >= 11 is 4.00. The molecule has 1 heterocycles. The first kappa shape index (κ1) is 8.75. The van der Waals surface area contributed by atoms with Crippen LogP contribution in [0.1, 0.15) is 13.3 Å². The van der Waals surface area contributed by atoms with Crippen LogP contribution in [0.25, 0.3) is 0 Å². The van der Waals surface area contributed by atoms with Gasteiger partial charge < -0.3 is 5.11 Å². The number of thioether (sulfide) groups is 2. The van der Waals surface area contributed by atoms with Crippen LogP contribution in [0, 0.1) is 5.92 Å². The van der Waals surface area contributed by atoms with Crippen molar-refractivity contribution in [1.82, 2.24) is 0 Å². The molecule has 0 bridgehead atoms. The molecule has 0 radical (unpaired) electrons. The van der Waals surface area contributed by atoms with Gasteiger partial charge >= 0.3 is 0 Å². The molecule has 0 spiro atoms. The highest BCUT2D eigenvalue weighted by molar-refractivity contribution is 8.17. The Morgan fingerprint density at radius 2 is 2.10 bits per heavy atom. The Labute approximate surface area is 71.0 Å². The first-order chi connectivity index (χ1) is 4.84. The van der Waals surface area contributed by atoms with E-state index in [0.717, 1.165) is 0 Å². The lowest BCUT2D eigenvalue weighted by atomic mass is 10.2. The number of aliphatic hydroxyl groups excluding tert-OH is 1. The first-order valence-electron chi connectivity index (χ1n) is 3.68. The number of aliphatic hydroxyl groups is 1. The van der Waals surface area contributed by atoms with Gasteiger partial charge in [-0.25, -0.2) is 0 Å². The van der Waals surface area contributed by atoms with Gasteiger partial charge in [0.2, 0.25) is 0 Å². The molecule has 0 aromatic rings. The Kier molecular flexibility index (Phi) is 3.96. The number of hydrogen-bond donors (Lipinski definition) is 1. The van der Waals surface area contributed by atoms with Crippen LogP contribution in [-0.2, 0) is 0 Å². The molecule has 10 heavy (non-hydrogen) atoms. The van der Waals surface area contributed by atoms with E-state index in [0.29, 0.717) is 17.1 Å². The predicted octanol–water partition coefficient (Wildman–Crippen LogP) is 1.81. The summed E-state index contributed by atoms with van der Waals surface area (Å²) in [5.41, 5.74) is 0. The van der Waals surface area contributed by atoms with Crippen LogP contribution in [-0.4, -0.2) is 27.8 Å². The Morgan fingerprint density at radius 3 is 2.60 bits per heavy atom. The smallest absolute Gasteiger partial charge is 0.0549 e. The lowest BCUT2D eigenvalue weighted by molar-refractivity contribution is 0.246. The zero-order valence-electron chi connectivity index (χ0n) is 6.25. The van der Waals surface area contributed by atoms with Crippen molar-refractivity contribution in [3.63, 3.8) is 0 Å². The van der Waals surface area contributed by atoms with E-state index in [1.807, 2.05) is 23.5 Å². The monoisotopic (exact) mass is 178 g/mol. The second-order valence-electron chi connectivity index (χ2n) is 2.62. The minimum Gasteiger partial charge on any atom is -0.396 e. The van der Waals surface area contributed by atoms with Gasteiger partial charge in [-0.3, -0.25) is 0 Å². The van der Waals surface area contributed by atoms with Crippen LogP contribution in [0.4, 0.5) is 0 Å². The van der Waals surface area contributed by atoms with E-state index in [-0.39, 0.29) is 0 Å². The van der Waals surface area contributed by atoms with Gasteiger partial charge in [-0.1, -0.05) is 6.92 Å². The van der Waals surface area contributed by atoms with Gasteiger partial charge in [-0.2, -0.15) is 0 Å². The van der Waals surface area contributed by atoms with E-state index >= 15 is 0 Å². The fraction of sp³-hybridized carbons (Fsp3) is 1.00. The standard InChI is InChI=1S/C7H14OS2/c1-6(5-8)7-9-3-2-4-10-7/h6-8H,2-5H2,1H3. The molecule has 1 aliphatic rings. The molecule has 0 aliphatic carbocycles. The fourth-order valence-corrected chi connectivity index (χ4v) is 3.98. The maximum Gasteiger partial charge on any atom is 0.0549 e. The maximum absolute atomic E-state index is 8.86. The summed E-state index contributed by atoms with van der Waals surface area (Å²) in [5.74, 6) is 3.03. The minimum absolute atomic E-state index is 0.338. The van der Waals surface area contributed by atoms with Crippen molar-refractivity contribution >= 4 is 23.5 Å². The fourth-order valence-electron chi connectivity index (χ4n) is 0.921. The Bertz CT molecular complexity index is 91.6. The topological polar surface area (TPSA) is 20.2 Å². The van der Waals surface area contributed by atoms with Gasteiger partial charge in [0, 0.05) is 12.5 Å². The molecule has 1 rings (SSSR count). The summed E-state index contributed by atoms with van der Waals surface area (Å²) in [6.07, 6.45) is 1.34. The van der Waals surface area contributed by atoms with Gasteiger partial charge in [-0.05, 0) is 17.9 Å². The summed E-state index contributed by atoms with van der Waals surface area (Å²) in [4.78, 5) is 0. The molecule has 60 valence electrons. The lowest BCUT2D eigenvalue weighted by Crippen LogP contribution is -2.18. The van der Waals surface area contributed by atoms with Gasteiger partial charge in [0.25, 0.3) is 0 Å². The maximum atomic E-state index is 8.86. The van der Waals surface area contributed by atoms with Crippen LogP contribution in [0.3, 0.4) is 0 Å². The van der Waals surface area contributed by atoms with Crippen molar-refractivity contribution in [2.45, 2.75) is 17.9 Å². The van der Waals surface area contributed by atoms with Gasteiger partial charge in [0.1, 0.15) is 0 Å². The average Bonchev–Trinajstić information content (AvgIpc) is 2.05. The SMILES string of the molecule is CC(CO)C1SCCCS1. The third-order valence-electron chi connectivity index (χ3n) is 1.61. The molecule has 0 aromatic carbocycles. The van der Waals surface area contributed by atoms with Gasteiger partial charge in [0.05, 0.1) is 4.58 Å². The second kappa shape index (κ2) is 4.52. The van der Waals surface area contributed by atoms with E-state index in [9.17, 15) is 0 Å². The van der Waals surface area contributed by atoms with Crippen LogP contribution < -0.4 is 0 Å². The number of hydrogen-bond acceptors (Lipinski definition) is 3. The molecule has 1 saturated heterocycles. The first-order valence-corrected chi connectivity index (χ1v) is 5.78. The third kappa shape index (κ3) is 2.36. The Hall–Kier alpha value is 0.660.